The third kappa shape index (κ3) is 3.46. The highest BCUT2D eigenvalue weighted by Crippen LogP contribution is 2.27. The topological polar surface area (TPSA) is 24.1 Å². The van der Waals surface area contributed by atoms with Crippen molar-refractivity contribution in [2.75, 3.05) is 6.54 Å². The van der Waals surface area contributed by atoms with Gasteiger partial charge in [-0.25, -0.2) is 0 Å². The summed E-state index contributed by atoms with van der Waals surface area (Å²) in [5, 5.41) is 8.05. The first-order valence-electron chi connectivity index (χ1n) is 7.54. The smallest absolute Gasteiger partial charge is 0.0409 e. The molecule has 1 unspecified atom stereocenters. The molecule has 0 saturated heterocycles. The van der Waals surface area contributed by atoms with E-state index in [2.05, 4.69) is 47.9 Å². The lowest BCUT2D eigenvalue weighted by molar-refractivity contribution is 0.443. The third-order valence-corrected chi connectivity index (χ3v) is 4.39. The van der Waals surface area contributed by atoms with Crippen molar-refractivity contribution in [1.29, 1.82) is 0 Å². The van der Waals surface area contributed by atoms with Gasteiger partial charge < -0.3 is 10.6 Å². The second-order valence-electron chi connectivity index (χ2n) is 5.66. The minimum atomic E-state index is 0.278. The molecule has 0 aromatic heterocycles. The van der Waals surface area contributed by atoms with Crippen LogP contribution in [0, 0.1) is 0 Å². The molecule has 0 saturated carbocycles. The predicted molar refractivity (Wildman–Crippen MR) is 88.5 cm³/mol. The Morgan fingerprint density at radius 3 is 2.90 bits per heavy atom. The Morgan fingerprint density at radius 1 is 1.19 bits per heavy atom. The fraction of sp³-hybridized carbons (Fsp3) is 0.333. The van der Waals surface area contributed by atoms with E-state index >= 15 is 0 Å². The maximum atomic E-state index is 6.10. The number of fused-ring (bicyclic) bond motifs is 1. The van der Waals surface area contributed by atoms with Crippen LogP contribution in [0.15, 0.2) is 48.5 Å². The molecule has 0 fully saturated rings. The van der Waals surface area contributed by atoms with E-state index in [1.54, 1.807) is 0 Å². The molecule has 1 aliphatic heterocycles. The molecule has 1 aliphatic rings. The lowest BCUT2D eigenvalue weighted by Crippen LogP contribution is -2.26. The number of nitrogens with one attached hydrogen (secondary N) is 2. The molecular weight excluding hydrogens is 280 g/mol. The van der Waals surface area contributed by atoms with Crippen LogP contribution in [0.4, 0.5) is 0 Å². The minimum Gasteiger partial charge on any atom is -0.313 e. The van der Waals surface area contributed by atoms with Crippen LogP contribution in [0.1, 0.15) is 42.1 Å². The molecule has 3 heteroatoms. The summed E-state index contributed by atoms with van der Waals surface area (Å²) in [5.74, 6) is 0. The van der Waals surface area contributed by atoms with E-state index < -0.39 is 0 Å². The number of hydrogen-bond donors (Lipinski definition) is 2. The number of halogens is 1. The van der Waals surface area contributed by atoms with Crippen molar-refractivity contribution in [3.8, 4) is 0 Å². The van der Waals surface area contributed by atoms with E-state index in [9.17, 15) is 0 Å². The Balaban J connectivity index is 1.81. The summed E-state index contributed by atoms with van der Waals surface area (Å²) in [6.07, 6.45) is 1.10. The number of benzene rings is 2. The van der Waals surface area contributed by atoms with Crippen LogP contribution in [-0.2, 0) is 6.54 Å². The zero-order valence-electron chi connectivity index (χ0n) is 12.3. The van der Waals surface area contributed by atoms with E-state index in [0.29, 0.717) is 6.04 Å². The lowest BCUT2D eigenvalue weighted by atomic mass is 9.97. The number of rotatable bonds is 3. The van der Waals surface area contributed by atoms with Crippen molar-refractivity contribution in [3.63, 3.8) is 0 Å². The van der Waals surface area contributed by atoms with Gasteiger partial charge in [0.2, 0.25) is 0 Å². The van der Waals surface area contributed by atoms with Crippen molar-refractivity contribution in [2.24, 2.45) is 0 Å². The van der Waals surface area contributed by atoms with Crippen LogP contribution in [0.3, 0.4) is 0 Å². The third-order valence-electron chi connectivity index (χ3n) is 4.16. The molecule has 1 heterocycles. The molecule has 21 heavy (non-hydrogen) atoms. The molecule has 2 aromatic carbocycles. The molecule has 2 N–H and O–H groups in total. The Labute approximate surface area is 131 Å². The SMILES string of the molecule is C[C@H](NC1CCNCc2ccccc21)c1cccc(Cl)c1. The van der Waals surface area contributed by atoms with E-state index in [1.807, 2.05) is 18.2 Å². The molecule has 110 valence electrons. The Kier molecular flexibility index (Phi) is 4.59. The highest BCUT2D eigenvalue weighted by atomic mass is 35.5. The normalized spacial score (nSPS) is 19.6. The maximum absolute atomic E-state index is 6.10. The van der Waals surface area contributed by atoms with E-state index in [4.69, 9.17) is 11.6 Å². The van der Waals surface area contributed by atoms with Gasteiger partial charge >= 0.3 is 0 Å². The van der Waals surface area contributed by atoms with Gasteiger partial charge in [-0.3, -0.25) is 0 Å². The van der Waals surface area contributed by atoms with Crippen LogP contribution in [-0.4, -0.2) is 6.54 Å². The first kappa shape index (κ1) is 14.6. The molecule has 0 bridgehead atoms. The van der Waals surface area contributed by atoms with Crippen molar-refractivity contribution in [1.82, 2.24) is 10.6 Å². The zero-order chi connectivity index (χ0) is 14.7. The van der Waals surface area contributed by atoms with Crippen molar-refractivity contribution in [2.45, 2.75) is 32.0 Å². The lowest BCUT2D eigenvalue weighted by Gasteiger charge is -2.24. The van der Waals surface area contributed by atoms with Crippen LogP contribution in [0.25, 0.3) is 0 Å². The largest absolute Gasteiger partial charge is 0.313 e. The highest BCUT2D eigenvalue weighted by molar-refractivity contribution is 6.30. The minimum absolute atomic E-state index is 0.278. The summed E-state index contributed by atoms with van der Waals surface area (Å²) >= 11 is 6.10. The van der Waals surface area contributed by atoms with Crippen molar-refractivity contribution < 1.29 is 0 Å². The summed E-state index contributed by atoms with van der Waals surface area (Å²) in [6.45, 7) is 4.20. The second-order valence-corrected chi connectivity index (χ2v) is 6.10. The van der Waals surface area contributed by atoms with Gasteiger partial charge in [0.05, 0.1) is 0 Å². The second kappa shape index (κ2) is 6.61. The van der Waals surface area contributed by atoms with Gasteiger partial charge in [-0.2, -0.15) is 0 Å². The van der Waals surface area contributed by atoms with Gasteiger partial charge in [-0.1, -0.05) is 48.0 Å². The fourth-order valence-electron chi connectivity index (χ4n) is 3.01. The number of hydrogen-bond acceptors (Lipinski definition) is 2. The van der Waals surface area contributed by atoms with Gasteiger partial charge in [-0.05, 0) is 48.7 Å². The van der Waals surface area contributed by atoms with Crippen molar-refractivity contribution >= 4 is 11.6 Å². The molecule has 3 rings (SSSR count). The predicted octanol–water partition coefficient (Wildman–Crippen LogP) is 4.23. The summed E-state index contributed by atoms with van der Waals surface area (Å²) in [4.78, 5) is 0. The maximum Gasteiger partial charge on any atom is 0.0409 e. The first-order valence-corrected chi connectivity index (χ1v) is 7.92. The zero-order valence-corrected chi connectivity index (χ0v) is 13.0. The van der Waals surface area contributed by atoms with Gasteiger partial charge in [-0.15, -0.1) is 0 Å². The van der Waals surface area contributed by atoms with E-state index in [0.717, 1.165) is 24.5 Å². The average Bonchev–Trinajstić information content (AvgIpc) is 2.70. The van der Waals surface area contributed by atoms with Crippen LogP contribution in [0.5, 0.6) is 0 Å². The molecule has 0 spiro atoms. The van der Waals surface area contributed by atoms with Crippen LogP contribution >= 0.6 is 11.6 Å². The summed E-state index contributed by atoms with van der Waals surface area (Å²) in [6, 6.07) is 17.5. The molecule has 2 nitrogen and oxygen atoms in total. The van der Waals surface area contributed by atoms with Crippen molar-refractivity contribution in [3.05, 3.63) is 70.2 Å². The molecule has 0 radical (unpaired) electrons. The van der Waals surface area contributed by atoms with Gasteiger partial charge in [0.15, 0.2) is 0 Å². The Morgan fingerprint density at radius 2 is 2.05 bits per heavy atom. The monoisotopic (exact) mass is 300 g/mol. The van der Waals surface area contributed by atoms with Crippen LogP contribution < -0.4 is 10.6 Å². The molecule has 2 atom stereocenters. The molecule has 2 aromatic rings. The van der Waals surface area contributed by atoms with Gasteiger partial charge in [0.1, 0.15) is 0 Å². The molecule has 0 amide bonds. The van der Waals surface area contributed by atoms with Gasteiger partial charge in [0.25, 0.3) is 0 Å². The first-order chi connectivity index (χ1) is 10.2. The standard InChI is InChI=1S/C18H21ClN2/c1-13(14-6-4-7-16(19)11-14)21-18-9-10-20-12-15-5-2-3-8-17(15)18/h2-8,11,13,18,20-21H,9-10,12H2,1H3/t13-,18?/m0/s1. The van der Waals surface area contributed by atoms with Gasteiger partial charge in [0, 0.05) is 23.7 Å². The van der Waals surface area contributed by atoms with E-state index in [1.165, 1.54) is 16.7 Å². The average molecular weight is 301 g/mol. The molecular formula is C18H21ClN2. The molecule has 0 aliphatic carbocycles. The fourth-order valence-corrected chi connectivity index (χ4v) is 3.21. The highest BCUT2D eigenvalue weighted by Gasteiger charge is 2.20. The van der Waals surface area contributed by atoms with Crippen LogP contribution in [0.2, 0.25) is 5.02 Å². The Hall–Kier alpha value is -1.35. The van der Waals surface area contributed by atoms with E-state index in [-0.39, 0.29) is 6.04 Å². The summed E-state index contributed by atoms with van der Waals surface area (Å²) in [5.41, 5.74) is 4.04. The summed E-state index contributed by atoms with van der Waals surface area (Å²) in [7, 11) is 0. The summed E-state index contributed by atoms with van der Waals surface area (Å²) < 4.78 is 0. The Bertz CT molecular complexity index is 612. The quantitative estimate of drug-likeness (QED) is 0.886.